The molecule has 0 aromatic rings. The van der Waals surface area contributed by atoms with Crippen molar-refractivity contribution < 1.29 is 19.2 Å². The number of carbonyl (C=O) groups is 2. The molecule has 108 valence electrons. The van der Waals surface area contributed by atoms with Gasteiger partial charge in [-0.25, -0.2) is 0 Å². The Balaban J connectivity index is 2.26. The molecule has 3 saturated heterocycles. The lowest BCUT2D eigenvalue weighted by Gasteiger charge is -2.52. The van der Waals surface area contributed by atoms with E-state index in [4.69, 9.17) is 16.0 Å². The number of hydrogen-bond acceptors (Lipinski definition) is 6. The Morgan fingerprint density at radius 3 is 2.70 bits per heavy atom. The second-order valence-electron chi connectivity index (χ2n) is 5.14. The second-order valence-corrected chi connectivity index (χ2v) is 5.14. The van der Waals surface area contributed by atoms with Crippen molar-refractivity contribution in [2.75, 3.05) is 19.6 Å². The fourth-order valence-electron chi connectivity index (χ4n) is 3.17. The van der Waals surface area contributed by atoms with Crippen LogP contribution in [0, 0.1) is 18.3 Å². The van der Waals surface area contributed by atoms with Gasteiger partial charge < -0.3 is 9.57 Å². The molecule has 0 amide bonds. The molecule has 6 nitrogen and oxygen atoms in total. The lowest BCUT2D eigenvalue weighted by molar-refractivity contribution is -0.206. The quantitative estimate of drug-likeness (QED) is 0.236. The largest absolute Gasteiger partial charge is 0.452 e. The number of esters is 1. The van der Waals surface area contributed by atoms with Crippen molar-refractivity contribution in [3.8, 4) is 12.3 Å². The van der Waals surface area contributed by atoms with Crippen molar-refractivity contribution in [2.24, 2.45) is 11.1 Å². The Bertz CT molecular complexity index is 449. The molecule has 0 radical (unpaired) electrons. The Kier molecular flexibility index (Phi) is 4.40. The molecule has 0 aromatic heterocycles. The van der Waals surface area contributed by atoms with Crippen LogP contribution in [0.4, 0.5) is 0 Å². The van der Waals surface area contributed by atoms with Gasteiger partial charge in [-0.05, 0) is 25.9 Å². The number of hydrogen-bond donors (Lipinski definition) is 0. The Hall–Kier alpha value is -1.87. The normalized spacial score (nSPS) is 33.4. The highest BCUT2D eigenvalue weighted by Crippen LogP contribution is 2.41. The molecule has 3 fully saturated rings. The Morgan fingerprint density at radius 1 is 1.55 bits per heavy atom. The number of ether oxygens (including phenoxy) is 1. The lowest BCUT2D eigenvalue weighted by atomic mass is 9.72. The summed E-state index contributed by atoms with van der Waals surface area (Å²) in [5.74, 6) is 2.28. The fraction of sp³-hybridized carbons (Fsp3) is 0.643. The fourth-order valence-corrected chi connectivity index (χ4v) is 3.17. The monoisotopic (exact) mass is 278 g/mol. The molecular weight excluding hydrogens is 260 g/mol. The topological polar surface area (TPSA) is 68.2 Å². The van der Waals surface area contributed by atoms with Gasteiger partial charge in [-0.3, -0.25) is 14.5 Å². The summed E-state index contributed by atoms with van der Waals surface area (Å²) in [5.41, 5.74) is -0.878. The zero-order chi connectivity index (χ0) is 14.6. The van der Waals surface area contributed by atoms with E-state index in [0.29, 0.717) is 12.8 Å². The van der Waals surface area contributed by atoms with Gasteiger partial charge >= 0.3 is 5.97 Å². The van der Waals surface area contributed by atoms with E-state index < -0.39 is 11.7 Å². The highest BCUT2D eigenvalue weighted by atomic mass is 16.7. The van der Waals surface area contributed by atoms with Crippen LogP contribution in [0.15, 0.2) is 5.16 Å². The highest BCUT2D eigenvalue weighted by Gasteiger charge is 2.55. The highest BCUT2D eigenvalue weighted by molar-refractivity contribution is 6.12. The maximum Gasteiger partial charge on any atom is 0.303 e. The number of terminal acetylenes is 1. The van der Waals surface area contributed by atoms with Gasteiger partial charge in [0.15, 0.2) is 11.9 Å². The summed E-state index contributed by atoms with van der Waals surface area (Å²) in [6, 6.07) is 0. The van der Waals surface area contributed by atoms with Crippen LogP contribution in [0.25, 0.3) is 0 Å². The molecule has 20 heavy (non-hydrogen) atoms. The number of aldehydes is 1. The summed E-state index contributed by atoms with van der Waals surface area (Å²) in [6.45, 7) is 3.86. The van der Waals surface area contributed by atoms with E-state index in [-0.39, 0.29) is 11.9 Å². The van der Waals surface area contributed by atoms with Crippen LogP contribution in [-0.4, -0.2) is 54.7 Å². The minimum atomic E-state index is -0.878. The van der Waals surface area contributed by atoms with E-state index in [2.05, 4.69) is 16.0 Å². The number of rotatable bonds is 5. The zero-order valence-electron chi connectivity index (χ0n) is 11.4. The van der Waals surface area contributed by atoms with E-state index in [9.17, 15) is 9.59 Å². The van der Waals surface area contributed by atoms with Gasteiger partial charge in [-0.15, -0.1) is 6.42 Å². The van der Waals surface area contributed by atoms with Crippen molar-refractivity contribution in [3.63, 3.8) is 0 Å². The summed E-state index contributed by atoms with van der Waals surface area (Å²) >= 11 is 0. The van der Waals surface area contributed by atoms with Gasteiger partial charge in [-0.1, -0.05) is 11.1 Å². The first-order valence-electron chi connectivity index (χ1n) is 6.63. The summed E-state index contributed by atoms with van der Waals surface area (Å²) in [6.07, 6.45) is 8.04. The molecular formula is C14H18N2O4. The molecule has 2 unspecified atom stereocenters. The first-order valence-corrected chi connectivity index (χ1v) is 6.63. The SMILES string of the molecule is C#CC(ON=CC=O)C1(OC(C)=O)CN2CCC1CC2. The maximum absolute atomic E-state index is 11.5. The van der Waals surface area contributed by atoms with Crippen LogP contribution in [-0.2, 0) is 19.2 Å². The van der Waals surface area contributed by atoms with E-state index in [1.54, 1.807) is 0 Å². The van der Waals surface area contributed by atoms with Crippen LogP contribution >= 0.6 is 0 Å². The van der Waals surface area contributed by atoms with Crippen LogP contribution < -0.4 is 0 Å². The van der Waals surface area contributed by atoms with Crippen LogP contribution in [0.3, 0.4) is 0 Å². The minimum Gasteiger partial charge on any atom is -0.452 e. The summed E-state index contributed by atoms with van der Waals surface area (Å²) in [4.78, 5) is 29.2. The molecule has 6 heteroatoms. The maximum atomic E-state index is 11.5. The van der Waals surface area contributed by atoms with E-state index in [0.717, 1.165) is 32.1 Å². The average molecular weight is 278 g/mol. The molecule has 0 N–H and O–H groups in total. The average Bonchev–Trinajstić information content (AvgIpc) is 2.44. The molecule has 3 aliphatic rings. The molecule has 2 atom stereocenters. The smallest absolute Gasteiger partial charge is 0.303 e. The molecule has 0 saturated carbocycles. The lowest BCUT2D eigenvalue weighted by Crippen LogP contribution is -2.66. The van der Waals surface area contributed by atoms with Crippen LogP contribution in [0.1, 0.15) is 19.8 Å². The zero-order valence-corrected chi connectivity index (χ0v) is 11.4. The molecule has 3 aliphatic heterocycles. The Morgan fingerprint density at radius 2 is 2.25 bits per heavy atom. The third-order valence-electron chi connectivity index (χ3n) is 3.97. The number of nitrogens with zero attached hydrogens (tertiary/aromatic N) is 2. The molecule has 0 aliphatic carbocycles. The number of piperidine rings is 3. The van der Waals surface area contributed by atoms with Crippen molar-refractivity contribution >= 4 is 18.5 Å². The molecule has 0 aromatic carbocycles. The van der Waals surface area contributed by atoms with Gasteiger partial charge in [0.05, 0.1) is 0 Å². The van der Waals surface area contributed by atoms with E-state index in [1.807, 2.05) is 0 Å². The van der Waals surface area contributed by atoms with Crippen LogP contribution in [0.5, 0.6) is 0 Å². The predicted molar refractivity (Wildman–Crippen MR) is 71.9 cm³/mol. The van der Waals surface area contributed by atoms with E-state index in [1.165, 1.54) is 6.92 Å². The van der Waals surface area contributed by atoms with Crippen molar-refractivity contribution in [1.29, 1.82) is 0 Å². The van der Waals surface area contributed by atoms with Gasteiger partial charge in [0.2, 0.25) is 6.10 Å². The van der Waals surface area contributed by atoms with Gasteiger partial charge in [-0.2, -0.15) is 0 Å². The third-order valence-corrected chi connectivity index (χ3v) is 3.97. The van der Waals surface area contributed by atoms with E-state index >= 15 is 0 Å². The van der Waals surface area contributed by atoms with Gasteiger partial charge in [0, 0.05) is 19.4 Å². The van der Waals surface area contributed by atoms with Crippen molar-refractivity contribution in [2.45, 2.75) is 31.5 Å². The molecule has 0 spiro atoms. The first-order chi connectivity index (χ1) is 9.62. The number of fused-ring (bicyclic) bond motifs is 3. The van der Waals surface area contributed by atoms with Crippen molar-refractivity contribution in [1.82, 2.24) is 4.90 Å². The summed E-state index contributed by atoms with van der Waals surface area (Å²) in [7, 11) is 0. The molecule has 3 rings (SSSR count). The standard InChI is InChI=1S/C14H18N2O4/c1-3-13(20-15-6-9-17)14(19-11(2)18)10-16-7-4-12(14)5-8-16/h1,6,9,12-13H,4-5,7-8,10H2,2H3. The summed E-state index contributed by atoms with van der Waals surface area (Å²) in [5, 5.41) is 3.53. The van der Waals surface area contributed by atoms with Gasteiger partial charge in [0.25, 0.3) is 0 Å². The van der Waals surface area contributed by atoms with Crippen LogP contribution in [0.2, 0.25) is 0 Å². The van der Waals surface area contributed by atoms with Crippen molar-refractivity contribution in [3.05, 3.63) is 0 Å². The van der Waals surface area contributed by atoms with Gasteiger partial charge in [0.1, 0.15) is 6.21 Å². The molecule has 3 heterocycles. The Labute approximate surface area is 118 Å². The second kappa shape index (κ2) is 6.06. The number of carbonyl (C=O) groups excluding carboxylic acids is 2. The summed E-state index contributed by atoms with van der Waals surface area (Å²) < 4.78 is 5.59. The predicted octanol–water partition coefficient (Wildman–Crippen LogP) is 0.217. The molecule has 2 bridgehead atoms. The minimum absolute atomic E-state index is 0.156. The number of oxime groups is 1. The first kappa shape index (κ1) is 14.5. The third kappa shape index (κ3) is 2.68.